The standard InChI is InChI=1S/C54H42N2/c1-3-17-43(18-4-1)55(53-37-41-15-7-9-21-47(41)49-23-11-13-25-51(49)53)45-33-29-39(30-34-45)27-28-40-31-35-46(36-32-40)56(44-19-5-2-6-20-44)54-38-42-16-8-10-22-48(42)50-24-12-14-26-52(50)54/h1-38,47-48,53-54H. The molecule has 4 atom stereocenters. The summed E-state index contributed by atoms with van der Waals surface area (Å²) in [4.78, 5) is 4.95. The quantitative estimate of drug-likeness (QED) is 0.145. The molecule has 0 spiro atoms. The van der Waals surface area contributed by atoms with Crippen LogP contribution >= 0.6 is 0 Å². The van der Waals surface area contributed by atoms with Gasteiger partial charge in [-0.2, -0.15) is 0 Å². The molecule has 0 fully saturated rings. The minimum atomic E-state index is 0.0713. The van der Waals surface area contributed by atoms with E-state index in [1.165, 1.54) is 44.8 Å². The Labute approximate surface area is 330 Å². The Morgan fingerprint density at radius 1 is 0.339 bits per heavy atom. The van der Waals surface area contributed by atoms with E-state index in [1.807, 2.05) is 0 Å². The summed E-state index contributed by atoms with van der Waals surface area (Å²) in [6.07, 6.45) is 27.1. The highest BCUT2D eigenvalue weighted by molar-refractivity contribution is 5.75. The highest BCUT2D eigenvalue weighted by Gasteiger charge is 2.32. The Morgan fingerprint density at radius 3 is 1.11 bits per heavy atom. The number of hydrogen-bond acceptors (Lipinski definition) is 2. The van der Waals surface area contributed by atoms with Gasteiger partial charge in [0.1, 0.15) is 0 Å². The van der Waals surface area contributed by atoms with Crippen molar-refractivity contribution < 1.29 is 0 Å². The fraction of sp³-hybridized carbons (Fsp3) is 0.0741. The molecule has 0 heterocycles. The third-order valence-corrected chi connectivity index (χ3v) is 11.6. The fourth-order valence-corrected chi connectivity index (χ4v) is 8.90. The van der Waals surface area contributed by atoms with Crippen molar-refractivity contribution in [2.24, 2.45) is 0 Å². The zero-order valence-corrected chi connectivity index (χ0v) is 31.1. The van der Waals surface area contributed by atoms with Gasteiger partial charge in [0.2, 0.25) is 0 Å². The zero-order chi connectivity index (χ0) is 37.3. The maximum atomic E-state index is 2.47. The first-order valence-corrected chi connectivity index (χ1v) is 19.7. The van der Waals surface area contributed by atoms with Gasteiger partial charge >= 0.3 is 0 Å². The number of hydrogen-bond donors (Lipinski definition) is 0. The van der Waals surface area contributed by atoms with Gasteiger partial charge in [-0.05, 0) is 93.1 Å². The molecular formula is C54H42N2. The molecule has 10 rings (SSSR count). The van der Waals surface area contributed by atoms with E-state index in [4.69, 9.17) is 0 Å². The lowest BCUT2D eigenvalue weighted by atomic mass is 9.77. The molecule has 0 N–H and O–H groups in total. The van der Waals surface area contributed by atoms with Crippen LogP contribution in [0.2, 0.25) is 0 Å². The second-order valence-electron chi connectivity index (χ2n) is 14.9. The average molecular weight is 719 g/mol. The Balaban J connectivity index is 0.940. The van der Waals surface area contributed by atoms with E-state index in [9.17, 15) is 0 Å². The summed E-state index contributed by atoms with van der Waals surface area (Å²) in [5, 5.41) is 0. The van der Waals surface area contributed by atoms with Crippen LogP contribution in [0.4, 0.5) is 22.7 Å². The van der Waals surface area contributed by atoms with E-state index < -0.39 is 0 Å². The van der Waals surface area contributed by atoms with E-state index in [2.05, 4.69) is 240 Å². The smallest absolute Gasteiger partial charge is 0.0784 e. The largest absolute Gasteiger partial charge is 0.330 e. The fourth-order valence-electron chi connectivity index (χ4n) is 8.90. The number of rotatable bonds is 8. The molecule has 6 aromatic rings. The van der Waals surface area contributed by atoms with Crippen LogP contribution in [0, 0.1) is 0 Å². The molecular weight excluding hydrogens is 677 g/mol. The van der Waals surface area contributed by atoms with Crippen LogP contribution in [-0.2, 0) is 0 Å². The normalized spacial score (nSPS) is 20.0. The van der Waals surface area contributed by atoms with Gasteiger partial charge in [0.15, 0.2) is 0 Å². The van der Waals surface area contributed by atoms with Crippen LogP contribution in [0.25, 0.3) is 12.2 Å². The third kappa shape index (κ3) is 6.29. The maximum Gasteiger partial charge on any atom is 0.0784 e. The Kier molecular flexibility index (Phi) is 8.85. The van der Waals surface area contributed by atoms with Gasteiger partial charge in [-0.25, -0.2) is 0 Å². The van der Waals surface area contributed by atoms with Crippen LogP contribution in [0.1, 0.15) is 57.3 Å². The molecule has 0 aliphatic heterocycles. The summed E-state index contributed by atoms with van der Waals surface area (Å²) >= 11 is 0. The lowest BCUT2D eigenvalue weighted by Crippen LogP contribution is -2.27. The molecule has 4 aliphatic rings. The van der Waals surface area contributed by atoms with Crippen molar-refractivity contribution in [2.75, 3.05) is 9.80 Å². The van der Waals surface area contributed by atoms with E-state index in [-0.39, 0.29) is 12.1 Å². The molecule has 0 saturated heterocycles. The van der Waals surface area contributed by atoms with Crippen molar-refractivity contribution in [3.8, 4) is 0 Å². The van der Waals surface area contributed by atoms with Gasteiger partial charge in [0.25, 0.3) is 0 Å². The van der Waals surface area contributed by atoms with Crippen LogP contribution in [0.15, 0.2) is 230 Å². The van der Waals surface area contributed by atoms with Crippen LogP contribution in [0.3, 0.4) is 0 Å². The lowest BCUT2D eigenvalue weighted by Gasteiger charge is -2.38. The zero-order valence-electron chi connectivity index (χ0n) is 31.1. The summed E-state index contributed by atoms with van der Waals surface area (Å²) < 4.78 is 0. The first kappa shape index (κ1) is 33.7. The number of fused-ring (bicyclic) bond motifs is 6. The van der Waals surface area contributed by atoms with Crippen LogP contribution in [0.5, 0.6) is 0 Å². The van der Waals surface area contributed by atoms with Crippen molar-refractivity contribution in [1.82, 2.24) is 0 Å². The molecule has 0 saturated carbocycles. The minimum Gasteiger partial charge on any atom is -0.330 e. The summed E-state index contributed by atoms with van der Waals surface area (Å²) in [5.74, 6) is 0.600. The molecule has 2 nitrogen and oxygen atoms in total. The molecule has 268 valence electrons. The third-order valence-electron chi connectivity index (χ3n) is 11.6. The summed E-state index contributed by atoms with van der Waals surface area (Å²) in [7, 11) is 0. The molecule has 56 heavy (non-hydrogen) atoms. The van der Waals surface area contributed by atoms with Crippen molar-refractivity contribution in [3.05, 3.63) is 263 Å². The van der Waals surface area contributed by atoms with E-state index in [0.717, 1.165) is 22.5 Å². The molecule has 0 aromatic heterocycles. The first-order chi connectivity index (χ1) is 27.8. The molecule has 4 unspecified atom stereocenters. The lowest BCUT2D eigenvalue weighted by molar-refractivity contribution is 0.782. The van der Waals surface area contributed by atoms with Crippen molar-refractivity contribution >= 4 is 34.9 Å². The van der Waals surface area contributed by atoms with E-state index >= 15 is 0 Å². The van der Waals surface area contributed by atoms with Gasteiger partial charge in [-0.15, -0.1) is 0 Å². The Hall–Kier alpha value is -6.90. The second-order valence-corrected chi connectivity index (χ2v) is 14.9. The predicted molar refractivity (Wildman–Crippen MR) is 236 cm³/mol. The predicted octanol–water partition coefficient (Wildman–Crippen LogP) is 13.9. The van der Waals surface area contributed by atoms with E-state index in [0.29, 0.717) is 11.8 Å². The molecule has 0 bridgehead atoms. The first-order valence-electron chi connectivity index (χ1n) is 19.7. The minimum absolute atomic E-state index is 0.0713. The number of anilines is 4. The monoisotopic (exact) mass is 718 g/mol. The molecule has 0 amide bonds. The van der Waals surface area contributed by atoms with Gasteiger partial charge < -0.3 is 9.80 Å². The summed E-state index contributed by atoms with van der Waals surface area (Å²) in [5.41, 5.74) is 15.1. The number of benzene rings is 6. The molecule has 4 aliphatic carbocycles. The van der Waals surface area contributed by atoms with E-state index in [1.54, 1.807) is 0 Å². The van der Waals surface area contributed by atoms with Crippen molar-refractivity contribution in [2.45, 2.75) is 23.9 Å². The highest BCUT2D eigenvalue weighted by Crippen LogP contribution is 2.48. The Morgan fingerprint density at radius 2 is 0.696 bits per heavy atom. The van der Waals surface area contributed by atoms with Crippen molar-refractivity contribution in [1.29, 1.82) is 0 Å². The number of allylic oxidation sites excluding steroid dienone is 10. The number of para-hydroxylation sites is 2. The van der Waals surface area contributed by atoms with Gasteiger partial charge in [0, 0.05) is 34.6 Å². The molecule has 6 aromatic carbocycles. The average Bonchev–Trinajstić information content (AvgIpc) is 3.27. The van der Waals surface area contributed by atoms with Crippen molar-refractivity contribution in [3.63, 3.8) is 0 Å². The topological polar surface area (TPSA) is 6.48 Å². The second kappa shape index (κ2) is 14.7. The molecule has 2 heteroatoms. The summed E-state index contributed by atoms with van der Waals surface area (Å²) in [6.45, 7) is 0. The summed E-state index contributed by atoms with van der Waals surface area (Å²) in [6, 6.07) is 57.5. The Bertz CT molecular complexity index is 2400. The van der Waals surface area contributed by atoms with Gasteiger partial charge in [0.05, 0.1) is 12.1 Å². The van der Waals surface area contributed by atoms with Crippen LogP contribution < -0.4 is 9.80 Å². The van der Waals surface area contributed by atoms with Gasteiger partial charge in [-0.1, -0.05) is 182 Å². The molecule has 0 radical (unpaired) electrons. The maximum absolute atomic E-state index is 2.47. The number of nitrogens with zero attached hydrogens (tertiary/aromatic N) is 2. The SMILES string of the molecule is C1=CC2=CC(N(c3ccccc3)c3ccc(C=Cc4ccc(N(c5ccccc5)C5C=C6C=CC=CC6c6ccccc65)cc4)cc3)c3ccccc3C2C=C1. The highest BCUT2D eigenvalue weighted by atomic mass is 15.2. The van der Waals surface area contributed by atoms with Crippen LogP contribution in [-0.4, -0.2) is 0 Å². The van der Waals surface area contributed by atoms with Gasteiger partial charge in [-0.3, -0.25) is 0 Å².